The van der Waals surface area contributed by atoms with E-state index < -0.39 is 5.97 Å². The first kappa shape index (κ1) is 12.6. The summed E-state index contributed by atoms with van der Waals surface area (Å²) in [5.41, 5.74) is 0.905. The SMILES string of the molecule is N#Cc1ccc(C(=O)OCc2ccc[nH]c2=O)cc1. The second-order valence-corrected chi connectivity index (χ2v) is 3.79. The van der Waals surface area contributed by atoms with Crippen LogP contribution in [0.3, 0.4) is 0 Å². The van der Waals surface area contributed by atoms with Gasteiger partial charge >= 0.3 is 5.97 Å². The van der Waals surface area contributed by atoms with Gasteiger partial charge in [-0.2, -0.15) is 5.26 Å². The fourth-order valence-corrected chi connectivity index (χ4v) is 1.48. The van der Waals surface area contributed by atoms with Crippen LogP contribution in [0, 0.1) is 11.3 Å². The predicted molar refractivity (Wildman–Crippen MR) is 67.3 cm³/mol. The predicted octanol–water partition coefficient (Wildman–Crippen LogP) is 1.60. The Hall–Kier alpha value is -2.87. The number of H-pyrrole nitrogens is 1. The van der Waals surface area contributed by atoms with Crippen molar-refractivity contribution in [3.05, 3.63) is 69.6 Å². The van der Waals surface area contributed by atoms with E-state index in [9.17, 15) is 9.59 Å². The highest BCUT2D eigenvalue weighted by Crippen LogP contribution is 2.06. The molecule has 0 fully saturated rings. The molecule has 0 aliphatic heterocycles. The normalized spacial score (nSPS) is 9.63. The number of carbonyl (C=O) groups is 1. The van der Waals surface area contributed by atoms with Gasteiger partial charge in [-0.25, -0.2) is 4.79 Å². The summed E-state index contributed by atoms with van der Waals surface area (Å²) in [7, 11) is 0. The van der Waals surface area contributed by atoms with Crippen molar-refractivity contribution in [2.24, 2.45) is 0 Å². The highest BCUT2D eigenvalue weighted by atomic mass is 16.5. The minimum absolute atomic E-state index is 0.0883. The number of esters is 1. The number of nitrogens with one attached hydrogen (secondary N) is 1. The van der Waals surface area contributed by atoms with E-state index in [0.29, 0.717) is 16.7 Å². The Bertz CT molecular complexity index is 681. The molecule has 0 spiro atoms. The maximum Gasteiger partial charge on any atom is 0.338 e. The summed E-state index contributed by atoms with van der Waals surface area (Å²) in [5.74, 6) is -0.534. The Labute approximate surface area is 109 Å². The summed E-state index contributed by atoms with van der Waals surface area (Å²) in [5, 5.41) is 8.65. The van der Waals surface area contributed by atoms with Crippen LogP contribution in [0.2, 0.25) is 0 Å². The van der Waals surface area contributed by atoms with Crippen molar-refractivity contribution >= 4 is 5.97 Å². The lowest BCUT2D eigenvalue weighted by Gasteiger charge is -2.04. The van der Waals surface area contributed by atoms with Gasteiger partial charge in [-0.05, 0) is 36.4 Å². The first-order valence-corrected chi connectivity index (χ1v) is 5.54. The number of rotatable bonds is 3. The number of hydrogen-bond acceptors (Lipinski definition) is 4. The van der Waals surface area contributed by atoms with Gasteiger partial charge in [0.2, 0.25) is 0 Å². The topological polar surface area (TPSA) is 82.9 Å². The molecule has 5 heteroatoms. The summed E-state index contributed by atoms with van der Waals surface area (Å²) in [6.45, 7) is -0.0883. The molecular formula is C14H10N2O3. The molecule has 0 bridgehead atoms. The van der Waals surface area contributed by atoms with E-state index in [4.69, 9.17) is 10.00 Å². The van der Waals surface area contributed by atoms with Gasteiger partial charge in [0.25, 0.3) is 5.56 Å². The van der Waals surface area contributed by atoms with Crippen molar-refractivity contribution in [2.45, 2.75) is 6.61 Å². The lowest BCUT2D eigenvalue weighted by Crippen LogP contribution is -2.14. The molecule has 0 aliphatic carbocycles. The van der Waals surface area contributed by atoms with Crippen LogP contribution in [-0.4, -0.2) is 11.0 Å². The molecule has 0 saturated carbocycles. The third kappa shape index (κ3) is 3.07. The zero-order chi connectivity index (χ0) is 13.7. The molecule has 1 aromatic carbocycles. The number of ether oxygens (including phenoxy) is 1. The highest BCUT2D eigenvalue weighted by molar-refractivity contribution is 5.89. The van der Waals surface area contributed by atoms with E-state index in [1.54, 1.807) is 12.1 Å². The third-order valence-corrected chi connectivity index (χ3v) is 2.51. The molecule has 0 radical (unpaired) electrons. The van der Waals surface area contributed by atoms with Crippen LogP contribution in [-0.2, 0) is 11.3 Å². The number of aromatic amines is 1. The number of nitrogens with zero attached hydrogens (tertiary/aromatic N) is 1. The number of pyridine rings is 1. The summed E-state index contributed by atoms with van der Waals surface area (Å²) in [6.07, 6.45) is 1.51. The summed E-state index contributed by atoms with van der Waals surface area (Å²) < 4.78 is 5.03. The zero-order valence-electron chi connectivity index (χ0n) is 9.92. The van der Waals surface area contributed by atoms with E-state index in [1.165, 1.54) is 30.5 Å². The molecule has 19 heavy (non-hydrogen) atoms. The Kier molecular flexibility index (Phi) is 3.74. The fraction of sp³-hybridized carbons (Fsp3) is 0.0714. The number of nitriles is 1. The largest absolute Gasteiger partial charge is 0.457 e. The van der Waals surface area contributed by atoms with Gasteiger partial charge < -0.3 is 9.72 Å². The minimum Gasteiger partial charge on any atom is -0.457 e. The van der Waals surface area contributed by atoms with Gasteiger partial charge in [-0.15, -0.1) is 0 Å². The maximum absolute atomic E-state index is 11.7. The molecule has 1 aromatic heterocycles. The quantitative estimate of drug-likeness (QED) is 0.843. The van der Waals surface area contributed by atoms with Crippen molar-refractivity contribution < 1.29 is 9.53 Å². The van der Waals surface area contributed by atoms with Gasteiger partial charge in [0, 0.05) is 6.20 Å². The van der Waals surface area contributed by atoms with Crippen molar-refractivity contribution in [3.63, 3.8) is 0 Å². The Morgan fingerprint density at radius 3 is 2.63 bits per heavy atom. The van der Waals surface area contributed by atoms with E-state index >= 15 is 0 Å². The van der Waals surface area contributed by atoms with Crippen LogP contribution in [0.5, 0.6) is 0 Å². The molecule has 2 aromatic rings. The fourth-order valence-electron chi connectivity index (χ4n) is 1.48. The van der Waals surface area contributed by atoms with E-state index in [0.717, 1.165) is 0 Å². The molecule has 0 aliphatic rings. The monoisotopic (exact) mass is 254 g/mol. The van der Waals surface area contributed by atoms with E-state index in [1.807, 2.05) is 6.07 Å². The molecule has 0 atom stereocenters. The van der Waals surface area contributed by atoms with Crippen molar-refractivity contribution in [1.29, 1.82) is 5.26 Å². The van der Waals surface area contributed by atoms with E-state index in [2.05, 4.69) is 4.98 Å². The standard InChI is InChI=1S/C14H10N2O3/c15-8-10-3-5-11(6-4-10)14(18)19-9-12-2-1-7-16-13(12)17/h1-7H,9H2,(H,16,17). The number of carbonyl (C=O) groups excluding carboxylic acids is 1. The smallest absolute Gasteiger partial charge is 0.338 e. The minimum atomic E-state index is -0.534. The Balaban J connectivity index is 2.04. The van der Waals surface area contributed by atoms with Gasteiger partial charge in [-0.3, -0.25) is 4.79 Å². The average Bonchev–Trinajstić information content (AvgIpc) is 2.46. The average molecular weight is 254 g/mol. The van der Waals surface area contributed by atoms with Gasteiger partial charge in [0.05, 0.1) is 22.8 Å². The molecule has 94 valence electrons. The number of hydrogen-bond donors (Lipinski definition) is 1. The highest BCUT2D eigenvalue weighted by Gasteiger charge is 2.08. The van der Waals surface area contributed by atoms with Crippen molar-refractivity contribution in [2.75, 3.05) is 0 Å². The molecule has 1 N–H and O–H groups in total. The van der Waals surface area contributed by atoms with E-state index in [-0.39, 0.29) is 12.2 Å². The van der Waals surface area contributed by atoms with Crippen LogP contribution in [0.15, 0.2) is 47.4 Å². The molecule has 0 saturated heterocycles. The summed E-state index contributed by atoms with van der Waals surface area (Å²) in [6, 6.07) is 11.3. The lowest BCUT2D eigenvalue weighted by atomic mass is 10.1. The van der Waals surface area contributed by atoms with Crippen molar-refractivity contribution in [3.8, 4) is 6.07 Å². The van der Waals surface area contributed by atoms with Crippen LogP contribution >= 0.6 is 0 Å². The van der Waals surface area contributed by atoms with Gasteiger partial charge in [0.15, 0.2) is 0 Å². The zero-order valence-corrected chi connectivity index (χ0v) is 9.92. The Morgan fingerprint density at radius 1 is 1.26 bits per heavy atom. The molecule has 0 unspecified atom stereocenters. The summed E-state index contributed by atoms with van der Waals surface area (Å²) >= 11 is 0. The second-order valence-electron chi connectivity index (χ2n) is 3.79. The van der Waals surface area contributed by atoms with Crippen molar-refractivity contribution in [1.82, 2.24) is 4.98 Å². The van der Waals surface area contributed by atoms with Gasteiger partial charge in [-0.1, -0.05) is 0 Å². The molecule has 1 heterocycles. The van der Waals surface area contributed by atoms with Crippen LogP contribution in [0.1, 0.15) is 21.5 Å². The lowest BCUT2D eigenvalue weighted by molar-refractivity contribution is 0.0471. The summed E-state index contributed by atoms with van der Waals surface area (Å²) in [4.78, 5) is 25.6. The molecule has 5 nitrogen and oxygen atoms in total. The van der Waals surface area contributed by atoms with Crippen LogP contribution < -0.4 is 5.56 Å². The third-order valence-electron chi connectivity index (χ3n) is 2.51. The number of benzene rings is 1. The Morgan fingerprint density at radius 2 is 2.00 bits per heavy atom. The molecular weight excluding hydrogens is 244 g/mol. The molecule has 2 rings (SSSR count). The van der Waals surface area contributed by atoms with Gasteiger partial charge in [0.1, 0.15) is 6.61 Å². The van der Waals surface area contributed by atoms with Crippen LogP contribution in [0.4, 0.5) is 0 Å². The first-order chi connectivity index (χ1) is 9.20. The second kappa shape index (κ2) is 5.65. The first-order valence-electron chi connectivity index (χ1n) is 5.54. The molecule has 0 amide bonds. The maximum atomic E-state index is 11.7. The van der Waals surface area contributed by atoms with Crippen LogP contribution in [0.25, 0.3) is 0 Å². The number of aromatic nitrogens is 1.